The molecule has 2 aromatic carbocycles. The third-order valence-corrected chi connectivity index (χ3v) is 11.2. The first-order chi connectivity index (χ1) is 28.0. The number of piperidine rings is 1. The molecule has 0 radical (unpaired) electrons. The average Bonchev–Trinajstić information content (AvgIpc) is 3.76. The van der Waals surface area contributed by atoms with E-state index in [1.165, 1.54) is 0 Å². The Morgan fingerprint density at radius 1 is 1.02 bits per heavy atom. The molecule has 0 aliphatic carbocycles. The number of hydrogen-bond donors (Lipinski definition) is 2. The third-order valence-electron chi connectivity index (χ3n) is 11.2. The van der Waals surface area contributed by atoms with Gasteiger partial charge >= 0.3 is 5.69 Å². The lowest BCUT2D eigenvalue weighted by Gasteiger charge is -2.27. The van der Waals surface area contributed by atoms with Crippen molar-refractivity contribution in [3.05, 3.63) is 99.6 Å². The molecule has 4 aromatic heterocycles. The third kappa shape index (κ3) is 7.09. The van der Waals surface area contributed by atoms with E-state index >= 15 is 0 Å². The minimum atomic E-state index is -0.447. The summed E-state index contributed by atoms with van der Waals surface area (Å²) in [6.45, 7) is 3.23. The summed E-state index contributed by atoms with van der Waals surface area (Å²) >= 11 is 0. The van der Waals surface area contributed by atoms with Crippen molar-refractivity contribution < 1.29 is 28.3 Å². The zero-order valence-corrected chi connectivity index (χ0v) is 33.0. The Balaban J connectivity index is 0.971. The molecule has 1 atom stereocenters. The van der Waals surface area contributed by atoms with Crippen molar-refractivity contribution in [3.63, 3.8) is 0 Å². The van der Waals surface area contributed by atoms with Crippen LogP contribution >= 0.6 is 0 Å². The molecule has 6 heterocycles. The molecule has 2 aliphatic rings. The van der Waals surface area contributed by atoms with Crippen LogP contribution in [0.5, 0.6) is 5.75 Å². The van der Waals surface area contributed by atoms with Crippen molar-refractivity contribution in [1.82, 2.24) is 29.7 Å². The summed E-state index contributed by atoms with van der Waals surface area (Å²) in [6.07, 6.45) is 5.84. The van der Waals surface area contributed by atoms with Crippen LogP contribution in [0.1, 0.15) is 70.5 Å². The number of amides is 3. The van der Waals surface area contributed by atoms with Crippen LogP contribution in [0.15, 0.2) is 70.1 Å². The van der Waals surface area contributed by atoms with Gasteiger partial charge in [-0.25, -0.2) is 4.79 Å². The molecule has 0 spiro atoms. The molecule has 0 saturated carbocycles. The maximum absolute atomic E-state index is 13.1. The summed E-state index contributed by atoms with van der Waals surface area (Å²) in [6, 6.07) is 15.1. The van der Waals surface area contributed by atoms with Crippen LogP contribution in [0.2, 0.25) is 0 Å². The van der Waals surface area contributed by atoms with Gasteiger partial charge in [0, 0.05) is 75.7 Å². The number of furan rings is 1. The van der Waals surface area contributed by atoms with Gasteiger partial charge in [-0.1, -0.05) is 18.1 Å². The van der Waals surface area contributed by atoms with E-state index in [-0.39, 0.29) is 48.0 Å². The average molecular weight is 782 g/mol. The van der Waals surface area contributed by atoms with Gasteiger partial charge in [-0.2, -0.15) is 0 Å². The predicted octanol–water partition coefficient (Wildman–Crippen LogP) is 5.36. The Morgan fingerprint density at radius 3 is 2.59 bits per heavy atom. The second kappa shape index (κ2) is 15.7. The summed E-state index contributed by atoms with van der Waals surface area (Å²) in [5.41, 5.74) is 8.11. The van der Waals surface area contributed by atoms with Gasteiger partial charge in [0.25, 0.3) is 5.91 Å². The molecule has 2 fully saturated rings. The largest absolute Gasteiger partial charge is 0.494 e. The van der Waals surface area contributed by atoms with E-state index in [4.69, 9.17) is 18.9 Å². The highest BCUT2D eigenvalue weighted by Crippen LogP contribution is 2.40. The molecule has 3 amide bonds. The lowest BCUT2D eigenvalue weighted by atomic mass is 9.88. The SMILES string of the molecule is COc1cc(-c2cnc(C(=O)NCC#Cc3cc4c(C5CCC(=O)NC5=O)cccc4o3)c(C)c2)ncc1N(C)c1cc(C2CCOCC2)c2c(c1)n(C)c(=O)n2C. The van der Waals surface area contributed by atoms with Gasteiger partial charge < -0.3 is 24.1 Å². The summed E-state index contributed by atoms with van der Waals surface area (Å²) in [5, 5.41) is 5.98. The van der Waals surface area contributed by atoms with Crippen molar-refractivity contribution in [2.24, 2.45) is 14.1 Å². The molecule has 1 unspecified atom stereocenters. The van der Waals surface area contributed by atoms with Gasteiger partial charge in [0.1, 0.15) is 22.7 Å². The van der Waals surface area contributed by atoms with Gasteiger partial charge in [0.05, 0.1) is 42.5 Å². The molecule has 58 heavy (non-hydrogen) atoms. The molecule has 6 aromatic rings. The molecule has 296 valence electrons. The quantitative estimate of drug-likeness (QED) is 0.152. The first-order valence-corrected chi connectivity index (χ1v) is 19.2. The van der Waals surface area contributed by atoms with Gasteiger partial charge in [-0.3, -0.25) is 38.8 Å². The Bertz CT molecular complexity index is 2750. The maximum atomic E-state index is 13.1. The van der Waals surface area contributed by atoms with E-state index < -0.39 is 5.92 Å². The maximum Gasteiger partial charge on any atom is 0.328 e. The highest BCUT2D eigenvalue weighted by molar-refractivity contribution is 6.03. The normalized spacial score (nSPS) is 15.9. The van der Waals surface area contributed by atoms with Crippen LogP contribution < -0.4 is 26.0 Å². The summed E-state index contributed by atoms with van der Waals surface area (Å²) in [5.74, 6) is 5.73. The standard InChI is InChI=1S/C44H43N7O7/c1-25-18-27(23-47-40(25)43(54)45-15-7-8-29-21-33-30(9-6-10-37(33)58-29)31-11-12-39(52)48-42(31)53)34-22-38(56-5)36(24-46-34)49(2)28-19-32(26-13-16-57-17-14-26)41-35(20-28)50(3)44(55)51(41)4/h6,9-10,18-24,26,31H,11-17H2,1-5H3,(H,45,54)(H,48,52,53). The van der Waals surface area contributed by atoms with E-state index in [2.05, 4.69) is 33.5 Å². The van der Waals surface area contributed by atoms with E-state index in [0.717, 1.165) is 51.8 Å². The van der Waals surface area contributed by atoms with E-state index in [1.807, 2.05) is 56.3 Å². The number of imidazole rings is 1. The van der Waals surface area contributed by atoms with Gasteiger partial charge in [-0.05, 0) is 79.0 Å². The number of aryl methyl sites for hydroxylation is 3. The molecular formula is C44H43N7O7. The van der Waals surface area contributed by atoms with Crippen molar-refractivity contribution in [2.75, 3.05) is 38.8 Å². The molecule has 2 N–H and O–H groups in total. The first kappa shape index (κ1) is 38.2. The molecular weight excluding hydrogens is 739 g/mol. The summed E-state index contributed by atoms with van der Waals surface area (Å²) < 4.78 is 20.8. The number of hydrogen-bond acceptors (Lipinski definition) is 10. The Labute approximate surface area is 334 Å². The number of ether oxygens (including phenoxy) is 2. The highest BCUT2D eigenvalue weighted by Gasteiger charge is 2.30. The number of rotatable bonds is 8. The Morgan fingerprint density at radius 2 is 1.83 bits per heavy atom. The number of nitrogens with one attached hydrogen (secondary N) is 2. The second-order valence-corrected chi connectivity index (χ2v) is 14.7. The molecule has 2 saturated heterocycles. The number of aromatic nitrogens is 4. The van der Waals surface area contributed by atoms with E-state index in [9.17, 15) is 19.2 Å². The Hall–Kier alpha value is -6.72. The van der Waals surface area contributed by atoms with Crippen molar-refractivity contribution >= 4 is 51.1 Å². The molecule has 8 rings (SSSR count). The fourth-order valence-corrected chi connectivity index (χ4v) is 8.06. The van der Waals surface area contributed by atoms with Gasteiger partial charge in [0.2, 0.25) is 11.8 Å². The number of anilines is 2. The first-order valence-electron chi connectivity index (χ1n) is 19.2. The van der Waals surface area contributed by atoms with Crippen LogP contribution in [0, 0.1) is 18.8 Å². The zero-order valence-electron chi connectivity index (χ0n) is 33.0. The monoisotopic (exact) mass is 781 g/mol. The minimum Gasteiger partial charge on any atom is -0.494 e. The second-order valence-electron chi connectivity index (χ2n) is 14.7. The topological polar surface area (TPSA) is 163 Å². The number of imide groups is 1. The van der Waals surface area contributed by atoms with Crippen molar-refractivity contribution in [1.29, 1.82) is 0 Å². The number of pyridine rings is 2. The lowest BCUT2D eigenvalue weighted by molar-refractivity contribution is -0.134. The van der Waals surface area contributed by atoms with Crippen molar-refractivity contribution in [2.45, 2.75) is 44.4 Å². The number of carbonyl (C=O) groups is 3. The Kier molecular flexibility index (Phi) is 10.3. The fraction of sp³-hybridized carbons (Fsp3) is 0.318. The van der Waals surface area contributed by atoms with Crippen LogP contribution in [0.25, 0.3) is 33.3 Å². The fourth-order valence-electron chi connectivity index (χ4n) is 8.06. The smallest absolute Gasteiger partial charge is 0.328 e. The van der Waals surface area contributed by atoms with Gasteiger partial charge in [0.15, 0.2) is 5.76 Å². The van der Waals surface area contributed by atoms with E-state index in [0.29, 0.717) is 53.5 Å². The van der Waals surface area contributed by atoms with Crippen LogP contribution in [-0.4, -0.2) is 70.7 Å². The van der Waals surface area contributed by atoms with Crippen LogP contribution in [0.3, 0.4) is 0 Å². The van der Waals surface area contributed by atoms with Crippen LogP contribution in [-0.2, 0) is 28.4 Å². The molecule has 0 bridgehead atoms. The predicted molar refractivity (Wildman–Crippen MR) is 218 cm³/mol. The minimum absolute atomic E-state index is 0.0521. The molecule has 14 heteroatoms. The van der Waals surface area contributed by atoms with Gasteiger partial charge in [-0.15, -0.1) is 0 Å². The van der Waals surface area contributed by atoms with Crippen LogP contribution in [0.4, 0.5) is 11.4 Å². The summed E-state index contributed by atoms with van der Waals surface area (Å²) in [4.78, 5) is 61.6. The number of methoxy groups -OCH3 is 1. The number of carbonyl (C=O) groups excluding carboxylic acids is 3. The lowest BCUT2D eigenvalue weighted by Crippen LogP contribution is -2.39. The number of fused-ring (bicyclic) bond motifs is 2. The number of nitrogens with zero attached hydrogens (tertiary/aromatic N) is 5. The highest BCUT2D eigenvalue weighted by atomic mass is 16.5. The number of benzene rings is 2. The van der Waals surface area contributed by atoms with Crippen molar-refractivity contribution in [3.8, 4) is 28.8 Å². The molecule has 14 nitrogen and oxygen atoms in total. The van der Waals surface area contributed by atoms with E-state index in [1.54, 1.807) is 47.8 Å². The molecule has 2 aliphatic heterocycles. The summed E-state index contributed by atoms with van der Waals surface area (Å²) in [7, 11) is 7.19. The zero-order chi connectivity index (χ0) is 40.7.